The molecule has 1 fully saturated rings. The highest BCUT2D eigenvalue weighted by Crippen LogP contribution is 2.32. The summed E-state index contributed by atoms with van der Waals surface area (Å²) in [5.41, 5.74) is 6.68. The third kappa shape index (κ3) is 4.40. The second kappa shape index (κ2) is 8.32. The van der Waals surface area contributed by atoms with Crippen molar-refractivity contribution in [2.24, 2.45) is 11.7 Å². The molecule has 2 rings (SSSR count). The lowest BCUT2D eigenvalue weighted by Crippen LogP contribution is -2.38. The van der Waals surface area contributed by atoms with Gasteiger partial charge in [-0.2, -0.15) is 0 Å². The molecule has 0 aliphatic carbocycles. The molecular weight excluding hydrogens is 290 g/mol. The molecule has 1 saturated heterocycles. The molecule has 0 aromatic heterocycles. The molecule has 2 N–H and O–H groups in total. The summed E-state index contributed by atoms with van der Waals surface area (Å²) in [6.07, 6.45) is 3.41. The number of nitro groups is 1. The van der Waals surface area contributed by atoms with E-state index < -0.39 is 0 Å². The number of nitro benzene ring substituents is 1. The van der Waals surface area contributed by atoms with Crippen LogP contribution in [0.2, 0.25) is 0 Å². The van der Waals surface area contributed by atoms with Crippen molar-refractivity contribution in [1.29, 1.82) is 0 Å². The highest BCUT2D eigenvalue weighted by atomic mass is 35.5. The summed E-state index contributed by atoms with van der Waals surface area (Å²) in [6.45, 7) is 4.78. The minimum Gasteiger partial charge on any atom is -0.330 e. The Morgan fingerprint density at radius 1 is 1.48 bits per heavy atom. The standard InChI is InChI=1S/C15H23N3O2.ClH/c1-12(14-6-2-3-7-15(14)18(19)20)17-10-4-5-13(11-17)8-9-16;/h2-3,6-7,12-13H,4-5,8-11,16H2,1H3;1H. The maximum Gasteiger partial charge on any atom is 0.274 e. The van der Waals surface area contributed by atoms with Crippen LogP contribution in [0.15, 0.2) is 24.3 Å². The van der Waals surface area contributed by atoms with E-state index >= 15 is 0 Å². The monoisotopic (exact) mass is 313 g/mol. The van der Waals surface area contributed by atoms with E-state index in [-0.39, 0.29) is 29.1 Å². The van der Waals surface area contributed by atoms with Gasteiger partial charge in [0.05, 0.1) is 4.92 Å². The number of nitrogens with zero attached hydrogens (tertiary/aromatic N) is 2. The largest absolute Gasteiger partial charge is 0.330 e. The number of nitrogens with two attached hydrogens (primary N) is 1. The van der Waals surface area contributed by atoms with Crippen LogP contribution in [0.4, 0.5) is 5.69 Å². The molecule has 6 heteroatoms. The quantitative estimate of drug-likeness (QED) is 0.669. The van der Waals surface area contributed by atoms with Gasteiger partial charge in [-0.25, -0.2) is 0 Å². The van der Waals surface area contributed by atoms with Gasteiger partial charge in [-0.15, -0.1) is 12.4 Å². The maximum atomic E-state index is 11.1. The fraction of sp³-hybridized carbons (Fsp3) is 0.600. The van der Waals surface area contributed by atoms with Gasteiger partial charge in [0.25, 0.3) is 5.69 Å². The van der Waals surface area contributed by atoms with Gasteiger partial charge in [0.2, 0.25) is 0 Å². The lowest BCUT2D eigenvalue weighted by atomic mass is 9.92. The summed E-state index contributed by atoms with van der Waals surface area (Å²) in [6, 6.07) is 7.14. The van der Waals surface area contributed by atoms with Crippen molar-refractivity contribution in [3.63, 3.8) is 0 Å². The molecule has 2 atom stereocenters. The number of likely N-dealkylation sites (tertiary alicyclic amines) is 1. The van der Waals surface area contributed by atoms with Crippen LogP contribution in [0.3, 0.4) is 0 Å². The number of piperidine rings is 1. The average molecular weight is 314 g/mol. The Hall–Kier alpha value is -1.17. The first-order valence-electron chi connectivity index (χ1n) is 7.31. The Balaban J connectivity index is 0.00000220. The molecule has 1 heterocycles. The van der Waals surface area contributed by atoms with Crippen molar-refractivity contribution in [3.8, 4) is 0 Å². The van der Waals surface area contributed by atoms with Crippen LogP contribution in [-0.2, 0) is 0 Å². The van der Waals surface area contributed by atoms with E-state index in [4.69, 9.17) is 5.73 Å². The Morgan fingerprint density at radius 3 is 2.86 bits per heavy atom. The smallest absolute Gasteiger partial charge is 0.274 e. The summed E-state index contributed by atoms with van der Waals surface area (Å²) in [5, 5.41) is 11.1. The zero-order valence-corrected chi connectivity index (χ0v) is 13.2. The Bertz CT molecular complexity index is 468. The van der Waals surface area contributed by atoms with E-state index in [9.17, 15) is 10.1 Å². The average Bonchev–Trinajstić information content (AvgIpc) is 2.47. The van der Waals surface area contributed by atoms with Crippen molar-refractivity contribution in [2.75, 3.05) is 19.6 Å². The highest BCUT2D eigenvalue weighted by molar-refractivity contribution is 5.85. The summed E-state index contributed by atoms with van der Waals surface area (Å²) >= 11 is 0. The predicted octanol–water partition coefficient (Wildman–Crippen LogP) is 3.14. The van der Waals surface area contributed by atoms with Gasteiger partial charge in [-0.05, 0) is 45.2 Å². The zero-order valence-electron chi connectivity index (χ0n) is 12.4. The Kier molecular flexibility index (Phi) is 7.08. The van der Waals surface area contributed by atoms with E-state index in [1.54, 1.807) is 12.1 Å². The van der Waals surface area contributed by atoms with Gasteiger partial charge >= 0.3 is 0 Å². The summed E-state index contributed by atoms with van der Waals surface area (Å²) in [7, 11) is 0. The van der Waals surface area contributed by atoms with Crippen LogP contribution < -0.4 is 5.73 Å². The predicted molar refractivity (Wildman–Crippen MR) is 86.7 cm³/mol. The molecule has 118 valence electrons. The van der Waals surface area contributed by atoms with Crippen molar-refractivity contribution < 1.29 is 4.92 Å². The zero-order chi connectivity index (χ0) is 14.5. The molecule has 0 bridgehead atoms. The fourth-order valence-corrected chi connectivity index (χ4v) is 3.12. The topological polar surface area (TPSA) is 72.4 Å². The van der Waals surface area contributed by atoms with E-state index in [1.807, 2.05) is 12.1 Å². The number of hydrogen-bond acceptors (Lipinski definition) is 4. The first-order valence-corrected chi connectivity index (χ1v) is 7.31. The molecule has 0 amide bonds. The van der Waals surface area contributed by atoms with Gasteiger partial charge < -0.3 is 5.73 Å². The molecule has 2 unspecified atom stereocenters. The van der Waals surface area contributed by atoms with E-state index in [1.165, 1.54) is 6.42 Å². The lowest BCUT2D eigenvalue weighted by molar-refractivity contribution is -0.386. The van der Waals surface area contributed by atoms with E-state index in [0.29, 0.717) is 5.92 Å². The van der Waals surface area contributed by atoms with Crippen LogP contribution in [0.5, 0.6) is 0 Å². The minimum atomic E-state index is -0.285. The SMILES string of the molecule is CC(c1ccccc1[N+](=O)[O-])N1CCCC(CCN)C1.Cl. The van der Waals surface area contributed by atoms with Crippen LogP contribution in [0.25, 0.3) is 0 Å². The third-order valence-electron chi connectivity index (χ3n) is 4.26. The molecule has 21 heavy (non-hydrogen) atoms. The molecule has 0 saturated carbocycles. The normalized spacial score (nSPS) is 20.6. The van der Waals surface area contributed by atoms with Gasteiger partial charge in [0, 0.05) is 24.2 Å². The van der Waals surface area contributed by atoms with Crippen molar-refractivity contribution in [3.05, 3.63) is 39.9 Å². The first-order chi connectivity index (χ1) is 9.63. The molecule has 0 radical (unpaired) electrons. The van der Waals surface area contributed by atoms with Crippen molar-refractivity contribution >= 4 is 18.1 Å². The number of halogens is 1. The Labute approximate surface area is 132 Å². The fourth-order valence-electron chi connectivity index (χ4n) is 3.12. The van der Waals surface area contributed by atoms with Gasteiger partial charge in [-0.3, -0.25) is 15.0 Å². The third-order valence-corrected chi connectivity index (χ3v) is 4.26. The lowest BCUT2D eigenvalue weighted by Gasteiger charge is -2.36. The second-order valence-electron chi connectivity index (χ2n) is 5.57. The van der Waals surface area contributed by atoms with Gasteiger partial charge in [-0.1, -0.05) is 18.2 Å². The van der Waals surface area contributed by atoms with Gasteiger partial charge in [0.1, 0.15) is 0 Å². The molecule has 1 aromatic carbocycles. The van der Waals surface area contributed by atoms with Crippen molar-refractivity contribution in [2.45, 2.75) is 32.2 Å². The van der Waals surface area contributed by atoms with Crippen LogP contribution in [-0.4, -0.2) is 29.5 Å². The van der Waals surface area contributed by atoms with E-state index in [2.05, 4.69) is 11.8 Å². The first kappa shape index (κ1) is 17.9. The van der Waals surface area contributed by atoms with Crippen LogP contribution >= 0.6 is 12.4 Å². The van der Waals surface area contributed by atoms with Crippen LogP contribution in [0, 0.1) is 16.0 Å². The molecule has 1 aliphatic rings. The molecule has 1 aliphatic heterocycles. The number of para-hydroxylation sites is 1. The molecule has 1 aromatic rings. The number of rotatable bonds is 5. The molecule has 0 spiro atoms. The maximum absolute atomic E-state index is 11.1. The number of hydrogen-bond donors (Lipinski definition) is 1. The highest BCUT2D eigenvalue weighted by Gasteiger charge is 2.27. The Morgan fingerprint density at radius 2 is 2.19 bits per heavy atom. The molecular formula is C15H24ClN3O2. The molecule has 5 nitrogen and oxygen atoms in total. The summed E-state index contributed by atoms with van der Waals surface area (Å²) in [4.78, 5) is 13.2. The summed E-state index contributed by atoms with van der Waals surface area (Å²) in [5.74, 6) is 0.624. The van der Waals surface area contributed by atoms with Gasteiger partial charge in [0.15, 0.2) is 0 Å². The second-order valence-corrected chi connectivity index (χ2v) is 5.57. The minimum absolute atomic E-state index is 0. The summed E-state index contributed by atoms with van der Waals surface area (Å²) < 4.78 is 0. The van der Waals surface area contributed by atoms with E-state index in [0.717, 1.165) is 38.0 Å². The van der Waals surface area contributed by atoms with Crippen molar-refractivity contribution in [1.82, 2.24) is 4.90 Å². The van der Waals surface area contributed by atoms with Crippen LogP contribution in [0.1, 0.15) is 37.8 Å². The number of benzene rings is 1.